The first-order chi connectivity index (χ1) is 12.2. The van der Waals surface area contributed by atoms with Gasteiger partial charge in [-0.2, -0.15) is 5.26 Å². The van der Waals surface area contributed by atoms with Crippen LogP contribution in [-0.2, 0) is 4.79 Å². The first-order valence-electron chi connectivity index (χ1n) is 8.36. The second kappa shape index (κ2) is 7.77. The van der Waals surface area contributed by atoms with E-state index in [-0.39, 0.29) is 5.91 Å². The maximum Gasteiger partial charge on any atom is 0.239 e. The minimum absolute atomic E-state index is 0.323. The number of nitrogens with zero attached hydrogens (tertiary/aromatic N) is 3. The number of carbonyl (C=O) groups excluding carboxylic acids is 1. The first kappa shape index (κ1) is 16.9. The Kier molecular flexibility index (Phi) is 5.26. The van der Waals surface area contributed by atoms with Crippen LogP contribution in [0.4, 0.5) is 5.82 Å². The predicted octanol–water partition coefficient (Wildman–Crippen LogP) is 1.91. The number of nitriles is 1. The number of anilines is 1. The van der Waals surface area contributed by atoms with Crippen LogP contribution in [0.5, 0.6) is 0 Å². The zero-order chi connectivity index (χ0) is 17.6. The van der Waals surface area contributed by atoms with Crippen LogP contribution in [0.1, 0.15) is 23.6 Å². The van der Waals surface area contributed by atoms with E-state index in [0.717, 1.165) is 25.1 Å². The quantitative estimate of drug-likeness (QED) is 0.841. The number of primary amides is 1. The molecule has 1 saturated heterocycles. The first-order valence-corrected chi connectivity index (χ1v) is 8.36. The summed E-state index contributed by atoms with van der Waals surface area (Å²) in [6.45, 7) is 2.31. The van der Waals surface area contributed by atoms with E-state index in [0.29, 0.717) is 23.8 Å². The van der Waals surface area contributed by atoms with Crippen LogP contribution in [0.15, 0.2) is 48.7 Å². The third-order valence-electron chi connectivity index (χ3n) is 4.55. The van der Waals surface area contributed by atoms with Crippen molar-refractivity contribution in [2.24, 2.45) is 11.7 Å². The molecule has 0 spiro atoms. The summed E-state index contributed by atoms with van der Waals surface area (Å²) in [5, 5.41) is 12.4. The molecule has 128 valence electrons. The smallest absolute Gasteiger partial charge is 0.239 e. The number of nitrogens with one attached hydrogen (secondary N) is 1. The second-order valence-electron chi connectivity index (χ2n) is 6.26. The molecule has 1 fully saturated rings. The maximum absolute atomic E-state index is 12.0. The number of likely N-dealkylation sites (tertiary alicyclic amines) is 1. The SMILES string of the molecule is N#Cc1cccnc1NC[C@H]1CCN([C@@H](C(N)=O)c2ccccc2)C1. The van der Waals surface area contributed by atoms with E-state index in [2.05, 4.69) is 21.3 Å². The van der Waals surface area contributed by atoms with Gasteiger partial charge in [0.25, 0.3) is 0 Å². The summed E-state index contributed by atoms with van der Waals surface area (Å²) in [5.41, 5.74) is 7.12. The fraction of sp³-hybridized carbons (Fsp3) is 0.316. The fourth-order valence-corrected chi connectivity index (χ4v) is 3.33. The molecule has 0 unspecified atom stereocenters. The number of nitrogens with two attached hydrogens (primary N) is 1. The van der Waals surface area contributed by atoms with Gasteiger partial charge in [0.15, 0.2) is 0 Å². The fourth-order valence-electron chi connectivity index (χ4n) is 3.33. The molecule has 0 saturated carbocycles. The molecular formula is C19H21N5O. The predicted molar refractivity (Wildman–Crippen MR) is 95.5 cm³/mol. The molecule has 1 amide bonds. The van der Waals surface area contributed by atoms with Gasteiger partial charge in [-0.25, -0.2) is 4.98 Å². The molecule has 3 N–H and O–H groups in total. The zero-order valence-electron chi connectivity index (χ0n) is 13.9. The van der Waals surface area contributed by atoms with E-state index in [1.807, 2.05) is 30.3 Å². The van der Waals surface area contributed by atoms with Gasteiger partial charge in [-0.3, -0.25) is 9.69 Å². The third kappa shape index (κ3) is 3.95. The zero-order valence-corrected chi connectivity index (χ0v) is 13.9. The lowest BCUT2D eigenvalue weighted by molar-refractivity contribution is -0.123. The topological polar surface area (TPSA) is 95.0 Å². The molecule has 1 aliphatic rings. The molecule has 1 aromatic heterocycles. The van der Waals surface area contributed by atoms with Gasteiger partial charge in [-0.1, -0.05) is 30.3 Å². The van der Waals surface area contributed by atoms with Crippen molar-refractivity contribution in [3.05, 3.63) is 59.8 Å². The van der Waals surface area contributed by atoms with Crippen LogP contribution in [0.3, 0.4) is 0 Å². The van der Waals surface area contributed by atoms with Crippen molar-refractivity contribution in [1.29, 1.82) is 5.26 Å². The Morgan fingerprint density at radius 1 is 1.36 bits per heavy atom. The molecule has 25 heavy (non-hydrogen) atoms. The number of rotatable bonds is 6. The Bertz CT molecular complexity index is 771. The number of hydrogen-bond acceptors (Lipinski definition) is 5. The Morgan fingerprint density at radius 3 is 2.88 bits per heavy atom. The average Bonchev–Trinajstić information content (AvgIpc) is 3.09. The summed E-state index contributed by atoms with van der Waals surface area (Å²) in [4.78, 5) is 18.3. The van der Waals surface area contributed by atoms with Gasteiger partial charge < -0.3 is 11.1 Å². The van der Waals surface area contributed by atoms with Crippen LogP contribution in [0, 0.1) is 17.2 Å². The number of amides is 1. The van der Waals surface area contributed by atoms with Gasteiger partial charge in [0.1, 0.15) is 17.9 Å². The van der Waals surface area contributed by atoms with Crippen LogP contribution in [0.2, 0.25) is 0 Å². The highest BCUT2D eigenvalue weighted by molar-refractivity contribution is 5.81. The van der Waals surface area contributed by atoms with Gasteiger partial charge >= 0.3 is 0 Å². The molecule has 0 radical (unpaired) electrons. The van der Waals surface area contributed by atoms with Crippen molar-refractivity contribution < 1.29 is 4.79 Å². The highest BCUT2D eigenvalue weighted by Gasteiger charge is 2.32. The molecule has 2 aromatic rings. The van der Waals surface area contributed by atoms with Crippen LogP contribution >= 0.6 is 0 Å². The Labute approximate surface area is 147 Å². The summed E-state index contributed by atoms with van der Waals surface area (Å²) in [7, 11) is 0. The Balaban J connectivity index is 1.63. The lowest BCUT2D eigenvalue weighted by Crippen LogP contribution is -2.36. The van der Waals surface area contributed by atoms with Crippen molar-refractivity contribution in [2.45, 2.75) is 12.5 Å². The molecular weight excluding hydrogens is 314 g/mol. The number of aromatic nitrogens is 1. The van der Waals surface area contributed by atoms with E-state index < -0.39 is 6.04 Å². The third-order valence-corrected chi connectivity index (χ3v) is 4.55. The molecule has 1 aliphatic heterocycles. The van der Waals surface area contributed by atoms with Crippen LogP contribution in [-0.4, -0.2) is 35.4 Å². The summed E-state index contributed by atoms with van der Waals surface area (Å²) >= 11 is 0. The van der Waals surface area contributed by atoms with Gasteiger partial charge in [0, 0.05) is 19.3 Å². The van der Waals surface area contributed by atoms with Gasteiger partial charge in [-0.05, 0) is 36.6 Å². The number of hydrogen-bond donors (Lipinski definition) is 2. The molecule has 6 heteroatoms. The highest BCUT2D eigenvalue weighted by Crippen LogP contribution is 2.28. The Hall–Kier alpha value is -2.91. The van der Waals surface area contributed by atoms with Crippen molar-refractivity contribution in [3.63, 3.8) is 0 Å². The van der Waals surface area contributed by atoms with Gasteiger partial charge in [0.05, 0.1) is 5.56 Å². The van der Waals surface area contributed by atoms with Gasteiger partial charge in [0.2, 0.25) is 5.91 Å². The van der Waals surface area contributed by atoms with Crippen molar-refractivity contribution in [3.8, 4) is 6.07 Å². The number of benzene rings is 1. The maximum atomic E-state index is 12.0. The van der Waals surface area contributed by atoms with E-state index in [1.54, 1.807) is 18.3 Å². The van der Waals surface area contributed by atoms with Gasteiger partial charge in [-0.15, -0.1) is 0 Å². The second-order valence-corrected chi connectivity index (χ2v) is 6.26. The molecule has 6 nitrogen and oxygen atoms in total. The normalized spacial score (nSPS) is 18.4. The summed E-state index contributed by atoms with van der Waals surface area (Å²) < 4.78 is 0. The van der Waals surface area contributed by atoms with E-state index in [4.69, 9.17) is 11.0 Å². The van der Waals surface area contributed by atoms with Crippen LogP contribution in [0.25, 0.3) is 0 Å². The van der Waals surface area contributed by atoms with Crippen molar-refractivity contribution in [1.82, 2.24) is 9.88 Å². The average molecular weight is 335 g/mol. The largest absolute Gasteiger partial charge is 0.369 e. The van der Waals surface area contributed by atoms with Crippen LogP contribution < -0.4 is 11.1 Å². The van der Waals surface area contributed by atoms with E-state index >= 15 is 0 Å². The summed E-state index contributed by atoms with van der Waals surface area (Å²) in [6, 6.07) is 14.9. The summed E-state index contributed by atoms with van der Waals surface area (Å²) in [6.07, 6.45) is 2.64. The minimum Gasteiger partial charge on any atom is -0.369 e. The minimum atomic E-state index is -0.393. The Morgan fingerprint density at radius 2 is 2.16 bits per heavy atom. The summed E-state index contributed by atoms with van der Waals surface area (Å²) in [5.74, 6) is 0.661. The lowest BCUT2D eigenvalue weighted by atomic mass is 10.0. The standard InChI is InChI=1S/C19H21N5O/c20-11-16-7-4-9-22-19(16)23-12-14-8-10-24(13-14)17(18(21)25)15-5-2-1-3-6-15/h1-7,9,14,17H,8,10,12-13H2,(H2,21,25)(H,22,23)/t14-,17-/m1/s1. The molecule has 3 rings (SSSR count). The van der Waals surface area contributed by atoms with Crippen molar-refractivity contribution >= 4 is 11.7 Å². The highest BCUT2D eigenvalue weighted by atomic mass is 16.1. The molecule has 2 atom stereocenters. The molecule has 2 heterocycles. The monoisotopic (exact) mass is 335 g/mol. The van der Waals surface area contributed by atoms with E-state index in [9.17, 15) is 4.79 Å². The molecule has 1 aromatic carbocycles. The van der Waals surface area contributed by atoms with E-state index in [1.165, 1.54) is 0 Å². The number of carbonyl (C=O) groups is 1. The molecule has 0 aliphatic carbocycles. The molecule has 0 bridgehead atoms. The number of pyridine rings is 1. The lowest BCUT2D eigenvalue weighted by Gasteiger charge is -2.25. The van der Waals surface area contributed by atoms with Crippen molar-refractivity contribution in [2.75, 3.05) is 25.0 Å².